The molecule has 4 aromatic rings. The van der Waals surface area contributed by atoms with Gasteiger partial charge in [-0.25, -0.2) is 11.0 Å². The summed E-state index contributed by atoms with van der Waals surface area (Å²) in [6.07, 6.45) is 0. The van der Waals surface area contributed by atoms with E-state index in [9.17, 15) is 0 Å². The van der Waals surface area contributed by atoms with Gasteiger partial charge in [0.1, 0.15) is 0 Å². The van der Waals surface area contributed by atoms with Gasteiger partial charge >= 0.3 is 0 Å². The van der Waals surface area contributed by atoms with Gasteiger partial charge in [0.2, 0.25) is 0 Å². The Morgan fingerprint density at radius 1 is 0.407 bits per heavy atom. The largest absolute Gasteiger partial charge is 0.242 e. The molecule has 3 nitrogen and oxygen atoms in total. The summed E-state index contributed by atoms with van der Waals surface area (Å²) in [5.74, 6) is 0. The van der Waals surface area contributed by atoms with Gasteiger partial charge in [-0.15, -0.1) is 0 Å². The molecule has 0 heterocycles. The molecule has 4 rings (SSSR count). The Hall–Kier alpha value is -3.56. The highest BCUT2D eigenvalue weighted by Crippen LogP contribution is 2.29. The van der Waals surface area contributed by atoms with Gasteiger partial charge in [-0.2, -0.15) is 4.94 Å². The van der Waals surface area contributed by atoms with Crippen molar-refractivity contribution in [2.24, 2.45) is 0 Å². The van der Waals surface area contributed by atoms with E-state index >= 15 is 0 Å². The maximum atomic E-state index is 5.63. The van der Waals surface area contributed by atoms with Crippen LogP contribution >= 0.6 is 0 Å². The maximum Gasteiger partial charge on any atom is 0.0707 e. The fourth-order valence-electron chi connectivity index (χ4n) is 3.02. The maximum absolute atomic E-state index is 5.63. The van der Waals surface area contributed by atoms with Crippen molar-refractivity contribution in [1.29, 1.82) is 0 Å². The molecule has 27 heavy (non-hydrogen) atoms. The van der Waals surface area contributed by atoms with Crippen LogP contribution in [0.2, 0.25) is 0 Å². The van der Waals surface area contributed by atoms with E-state index in [1.54, 1.807) is 0 Å². The third-order valence-corrected chi connectivity index (χ3v) is 4.35. The molecular weight excluding hydrogens is 332 g/mol. The normalized spacial score (nSPS) is 10.4. The molecule has 0 aliphatic carbocycles. The number of hydrogen-bond acceptors (Lipinski definition) is 3. The van der Waals surface area contributed by atoms with Gasteiger partial charge < -0.3 is 0 Å². The van der Waals surface area contributed by atoms with Crippen LogP contribution in [0.4, 0.5) is 11.4 Å². The van der Waals surface area contributed by atoms with Gasteiger partial charge in [-0.1, -0.05) is 97.1 Å². The molecule has 0 atom stereocenters. The fourth-order valence-corrected chi connectivity index (χ4v) is 3.02. The Kier molecular flexibility index (Phi) is 5.14. The average Bonchev–Trinajstić information content (AvgIpc) is 2.76. The van der Waals surface area contributed by atoms with E-state index in [2.05, 4.69) is 47.4 Å². The van der Waals surface area contributed by atoms with Crippen LogP contribution < -0.4 is 11.0 Å². The second kappa shape index (κ2) is 8.21. The zero-order valence-corrected chi connectivity index (χ0v) is 14.8. The van der Waals surface area contributed by atoms with Crippen LogP contribution in [0.15, 0.2) is 109 Å². The molecule has 132 valence electrons. The van der Waals surface area contributed by atoms with E-state index in [4.69, 9.17) is 4.94 Å². The highest BCUT2D eigenvalue weighted by Gasteiger charge is 2.06. The molecule has 3 heteroatoms. The summed E-state index contributed by atoms with van der Waals surface area (Å²) in [5.41, 5.74) is 12.3. The summed E-state index contributed by atoms with van der Waals surface area (Å²) in [6, 6.07) is 36.6. The smallest absolute Gasteiger partial charge is 0.0707 e. The Labute approximate surface area is 159 Å². The molecule has 0 aliphatic heterocycles. The lowest BCUT2D eigenvalue weighted by molar-refractivity contribution is 0.265. The first-order valence-electron chi connectivity index (χ1n) is 8.88. The van der Waals surface area contributed by atoms with Crippen LogP contribution in [0, 0.1) is 0 Å². The Morgan fingerprint density at radius 2 is 0.778 bits per heavy atom. The van der Waals surface area contributed by atoms with Crippen molar-refractivity contribution in [3.63, 3.8) is 0 Å². The zero-order valence-electron chi connectivity index (χ0n) is 14.8. The molecule has 0 bridgehead atoms. The highest BCUT2D eigenvalue weighted by molar-refractivity contribution is 5.78. The summed E-state index contributed by atoms with van der Waals surface area (Å²) < 4.78 is 0. The minimum absolute atomic E-state index is 0.897. The van der Waals surface area contributed by atoms with Crippen molar-refractivity contribution in [1.82, 2.24) is 0 Å². The van der Waals surface area contributed by atoms with Crippen LogP contribution in [0.1, 0.15) is 0 Å². The van der Waals surface area contributed by atoms with Crippen molar-refractivity contribution in [3.05, 3.63) is 109 Å². The minimum atomic E-state index is 0.897. The van der Waals surface area contributed by atoms with Gasteiger partial charge in [0.05, 0.1) is 11.4 Å². The van der Waals surface area contributed by atoms with Crippen molar-refractivity contribution in [3.8, 4) is 22.3 Å². The van der Waals surface area contributed by atoms with E-state index in [0.717, 1.165) is 33.6 Å². The summed E-state index contributed by atoms with van der Waals surface area (Å²) >= 11 is 0. The predicted molar refractivity (Wildman–Crippen MR) is 112 cm³/mol. The molecule has 4 aromatic carbocycles. The Morgan fingerprint density at radius 3 is 1.22 bits per heavy atom. The van der Waals surface area contributed by atoms with Crippen LogP contribution in [0.25, 0.3) is 22.3 Å². The van der Waals surface area contributed by atoms with Gasteiger partial charge in [0.15, 0.2) is 0 Å². The fraction of sp³-hybridized carbons (Fsp3) is 0. The van der Waals surface area contributed by atoms with Crippen molar-refractivity contribution in [2.45, 2.75) is 0 Å². The van der Waals surface area contributed by atoms with Gasteiger partial charge in [-0.3, -0.25) is 0 Å². The van der Waals surface area contributed by atoms with Gasteiger partial charge in [0.25, 0.3) is 0 Å². The second-order valence-electron chi connectivity index (χ2n) is 6.13. The Balaban J connectivity index is 1.51. The predicted octanol–water partition coefficient (Wildman–Crippen LogP) is 6.39. The first-order valence-corrected chi connectivity index (χ1v) is 8.88. The number of para-hydroxylation sites is 2. The highest BCUT2D eigenvalue weighted by atomic mass is 16.8. The monoisotopic (exact) mass is 352 g/mol. The number of rotatable bonds is 6. The van der Waals surface area contributed by atoms with Crippen LogP contribution in [0.3, 0.4) is 0 Å². The minimum Gasteiger partial charge on any atom is -0.242 e. The number of hydrogen-bond donors (Lipinski definition) is 2. The zero-order chi connectivity index (χ0) is 18.3. The number of nitrogens with one attached hydrogen (secondary N) is 2. The van der Waals surface area contributed by atoms with Crippen LogP contribution in [0.5, 0.6) is 0 Å². The third kappa shape index (κ3) is 4.00. The quantitative estimate of drug-likeness (QED) is 0.394. The molecule has 0 radical (unpaired) electrons. The Bertz CT molecular complexity index is 918. The lowest BCUT2D eigenvalue weighted by atomic mass is 10.0. The summed E-state index contributed by atoms with van der Waals surface area (Å²) in [7, 11) is 0. The molecular formula is C24H20N2O. The average molecular weight is 352 g/mol. The van der Waals surface area contributed by atoms with Gasteiger partial charge in [0, 0.05) is 11.1 Å². The van der Waals surface area contributed by atoms with Crippen LogP contribution in [-0.2, 0) is 4.94 Å². The van der Waals surface area contributed by atoms with Crippen molar-refractivity contribution in [2.75, 3.05) is 11.0 Å². The van der Waals surface area contributed by atoms with E-state index in [-0.39, 0.29) is 0 Å². The topological polar surface area (TPSA) is 33.3 Å². The molecule has 0 fully saturated rings. The standard InChI is InChI=1S/C24H20N2O/c1-3-11-19(12-4-1)21-15-7-9-17-23(21)25-27-26-24-18-10-8-16-22(24)20-13-5-2-6-14-20/h1-18,25-26H. The van der Waals surface area contributed by atoms with Gasteiger partial charge in [-0.05, 0) is 23.3 Å². The SMILES string of the molecule is c1ccc(-c2ccccc2NONc2ccccc2-c2ccccc2)cc1. The molecule has 0 spiro atoms. The number of anilines is 2. The van der Waals surface area contributed by atoms with E-state index in [1.807, 2.05) is 72.8 Å². The molecule has 0 amide bonds. The molecule has 0 unspecified atom stereocenters. The molecule has 0 saturated carbocycles. The molecule has 2 N–H and O–H groups in total. The molecule has 0 aliphatic rings. The summed E-state index contributed by atoms with van der Waals surface area (Å²) in [5, 5.41) is 0. The lowest BCUT2D eigenvalue weighted by Crippen LogP contribution is -2.09. The summed E-state index contributed by atoms with van der Waals surface area (Å²) in [4.78, 5) is 5.63. The summed E-state index contributed by atoms with van der Waals surface area (Å²) in [6.45, 7) is 0. The van der Waals surface area contributed by atoms with E-state index in [0.29, 0.717) is 0 Å². The third-order valence-electron chi connectivity index (χ3n) is 4.35. The van der Waals surface area contributed by atoms with E-state index in [1.165, 1.54) is 0 Å². The molecule has 0 saturated heterocycles. The van der Waals surface area contributed by atoms with E-state index < -0.39 is 0 Å². The van der Waals surface area contributed by atoms with Crippen molar-refractivity contribution < 1.29 is 4.94 Å². The molecule has 0 aromatic heterocycles. The van der Waals surface area contributed by atoms with Crippen LogP contribution in [-0.4, -0.2) is 0 Å². The first-order chi connectivity index (χ1) is 13.4. The van der Waals surface area contributed by atoms with Crippen molar-refractivity contribution >= 4 is 11.4 Å². The first kappa shape index (κ1) is 16.9. The second-order valence-corrected chi connectivity index (χ2v) is 6.13. The lowest BCUT2D eigenvalue weighted by Gasteiger charge is -2.15. The number of benzene rings is 4.